The van der Waals surface area contributed by atoms with E-state index in [1.54, 1.807) is 18.6 Å². The quantitative estimate of drug-likeness (QED) is 0.434. The summed E-state index contributed by atoms with van der Waals surface area (Å²) in [4.78, 5) is 25.3. The van der Waals surface area contributed by atoms with Crippen molar-refractivity contribution < 1.29 is 19.3 Å². The predicted molar refractivity (Wildman–Crippen MR) is 61.4 cm³/mol. The summed E-state index contributed by atoms with van der Waals surface area (Å²) in [7, 11) is 0. The summed E-state index contributed by atoms with van der Waals surface area (Å²) in [5.41, 5.74) is 2.43. The zero-order chi connectivity index (χ0) is 13.5. The number of nitro benzene ring substituents is 1. The van der Waals surface area contributed by atoms with Crippen molar-refractivity contribution in [1.29, 1.82) is 0 Å². The van der Waals surface area contributed by atoms with Crippen molar-refractivity contribution in [3.63, 3.8) is 0 Å². The number of nitrogens with one attached hydrogen (secondary N) is 1. The van der Waals surface area contributed by atoms with Gasteiger partial charge in [0.25, 0.3) is 5.69 Å². The zero-order valence-corrected chi connectivity index (χ0v) is 9.71. The lowest BCUT2D eigenvalue weighted by molar-refractivity contribution is -0.384. The number of carbonyl (C=O) groups is 1. The first-order chi connectivity index (χ1) is 8.54. The van der Waals surface area contributed by atoms with Crippen LogP contribution in [0.5, 0.6) is 5.75 Å². The van der Waals surface area contributed by atoms with E-state index in [9.17, 15) is 14.9 Å². The third kappa shape index (κ3) is 4.00. The smallest absolute Gasteiger partial charge is 0.329 e. The Morgan fingerprint density at radius 1 is 1.56 bits per heavy atom. The lowest BCUT2D eigenvalue weighted by Crippen LogP contribution is -2.27. The van der Waals surface area contributed by atoms with Gasteiger partial charge >= 0.3 is 5.97 Å². The molecule has 0 aliphatic carbocycles. The largest absolute Gasteiger partial charge is 0.492 e. The fraction of sp³-hybridized carbons (Fsp3) is 0.300. The van der Waals surface area contributed by atoms with Gasteiger partial charge in [0.15, 0.2) is 0 Å². The number of hydrogen-bond donors (Lipinski definition) is 2. The molecular formula is C10H13N3O5. The standard InChI is InChI=1S/C10H13N3O5/c1-7-2-3-8(13(15)16)6-9(7)17-5-4-10(14)18-12-11/h2-3,6,12H,4-5,11H2,1H3. The second-order valence-corrected chi connectivity index (χ2v) is 3.40. The molecule has 0 saturated heterocycles. The Bertz CT molecular complexity index is 449. The Labute approximate surface area is 103 Å². The highest BCUT2D eigenvalue weighted by Crippen LogP contribution is 2.24. The number of hydrazine groups is 1. The van der Waals surface area contributed by atoms with E-state index < -0.39 is 10.9 Å². The molecule has 0 aliphatic heterocycles. The molecule has 0 bridgehead atoms. The molecule has 0 atom stereocenters. The fourth-order valence-electron chi connectivity index (χ4n) is 1.22. The van der Waals surface area contributed by atoms with Crippen LogP contribution in [-0.4, -0.2) is 17.5 Å². The van der Waals surface area contributed by atoms with E-state index >= 15 is 0 Å². The molecule has 3 N–H and O–H groups in total. The van der Waals surface area contributed by atoms with Gasteiger partial charge < -0.3 is 9.57 Å². The van der Waals surface area contributed by atoms with Gasteiger partial charge in [0, 0.05) is 6.07 Å². The predicted octanol–water partition coefficient (Wildman–Crippen LogP) is 0.594. The summed E-state index contributed by atoms with van der Waals surface area (Å²) in [6, 6.07) is 4.27. The van der Waals surface area contributed by atoms with E-state index in [0.717, 1.165) is 5.56 Å². The number of non-ortho nitro benzene ring substituents is 1. The number of benzene rings is 1. The summed E-state index contributed by atoms with van der Waals surface area (Å²) >= 11 is 0. The van der Waals surface area contributed by atoms with Crippen LogP contribution in [0.25, 0.3) is 0 Å². The average Bonchev–Trinajstić information content (AvgIpc) is 2.31. The number of carbonyl (C=O) groups excluding carboxylic acids is 1. The first-order valence-electron chi connectivity index (χ1n) is 5.07. The van der Waals surface area contributed by atoms with Gasteiger partial charge in [0.05, 0.1) is 24.0 Å². The van der Waals surface area contributed by atoms with Crippen molar-refractivity contribution in [3.8, 4) is 5.75 Å². The van der Waals surface area contributed by atoms with E-state index in [1.165, 1.54) is 12.1 Å². The first kappa shape index (κ1) is 13.9. The molecule has 0 unspecified atom stereocenters. The third-order valence-corrected chi connectivity index (χ3v) is 2.12. The Kier molecular flexibility index (Phi) is 5.03. The normalized spacial score (nSPS) is 9.89. The molecule has 0 aliphatic rings. The van der Waals surface area contributed by atoms with Gasteiger partial charge in [-0.2, -0.15) is 0 Å². The van der Waals surface area contributed by atoms with Gasteiger partial charge in [-0.1, -0.05) is 5.59 Å². The van der Waals surface area contributed by atoms with E-state index in [0.29, 0.717) is 5.75 Å². The fourth-order valence-corrected chi connectivity index (χ4v) is 1.22. The van der Waals surface area contributed by atoms with E-state index in [-0.39, 0.29) is 18.7 Å². The van der Waals surface area contributed by atoms with Crippen LogP contribution in [0.2, 0.25) is 0 Å². The molecule has 1 aromatic rings. The molecule has 8 nitrogen and oxygen atoms in total. The Morgan fingerprint density at radius 3 is 2.89 bits per heavy atom. The number of ether oxygens (including phenoxy) is 1. The van der Waals surface area contributed by atoms with Crippen molar-refractivity contribution in [3.05, 3.63) is 33.9 Å². The van der Waals surface area contributed by atoms with Gasteiger partial charge in [-0.25, -0.2) is 5.84 Å². The van der Waals surface area contributed by atoms with E-state index in [1.807, 2.05) is 0 Å². The monoisotopic (exact) mass is 255 g/mol. The van der Waals surface area contributed by atoms with Crippen molar-refractivity contribution >= 4 is 11.7 Å². The maximum atomic E-state index is 10.9. The molecule has 0 amide bonds. The summed E-state index contributed by atoms with van der Waals surface area (Å²) in [6.45, 7) is 1.79. The van der Waals surface area contributed by atoms with Crippen LogP contribution in [0.3, 0.4) is 0 Å². The maximum absolute atomic E-state index is 10.9. The molecule has 0 aromatic heterocycles. The minimum Gasteiger partial charge on any atom is -0.492 e. The minimum absolute atomic E-state index is 0.0215. The first-order valence-corrected chi connectivity index (χ1v) is 5.07. The second kappa shape index (κ2) is 6.52. The van der Waals surface area contributed by atoms with Crippen LogP contribution in [0.1, 0.15) is 12.0 Å². The molecule has 8 heteroatoms. The molecule has 0 saturated carbocycles. The van der Waals surface area contributed by atoms with Crippen LogP contribution >= 0.6 is 0 Å². The van der Waals surface area contributed by atoms with Gasteiger partial charge in [0.1, 0.15) is 5.75 Å². The molecule has 0 radical (unpaired) electrons. The number of hydrogen-bond acceptors (Lipinski definition) is 7. The molecule has 98 valence electrons. The van der Waals surface area contributed by atoms with Gasteiger partial charge in [-0.05, 0) is 18.6 Å². The maximum Gasteiger partial charge on any atom is 0.329 e. The average molecular weight is 255 g/mol. The molecule has 18 heavy (non-hydrogen) atoms. The second-order valence-electron chi connectivity index (χ2n) is 3.40. The Morgan fingerprint density at radius 2 is 2.28 bits per heavy atom. The highest BCUT2D eigenvalue weighted by Gasteiger charge is 2.10. The molecule has 0 fully saturated rings. The van der Waals surface area contributed by atoms with Crippen LogP contribution in [0.4, 0.5) is 5.69 Å². The van der Waals surface area contributed by atoms with Crippen LogP contribution in [0.15, 0.2) is 18.2 Å². The summed E-state index contributed by atoms with van der Waals surface area (Å²) < 4.78 is 5.27. The van der Waals surface area contributed by atoms with Crippen molar-refractivity contribution in [1.82, 2.24) is 5.59 Å². The highest BCUT2D eigenvalue weighted by molar-refractivity contribution is 5.69. The summed E-state index contributed by atoms with van der Waals surface area (Å²) in [5.74, 6) is 4.56. The molecule has 0 spiro atoms. The van der Waals surface area contributed by atoms with Crippen LogP contribution in [0, 0.1) is 17.0 Å². The lowest BCUT2D eigenvalue weighted by atomic mass is 10.2. The third-order valence-electron chi connectivity index (χ3n) is 2.12. The number of aryl methyl sites for hydroxylation is 1. The van der Waals surface area contributed by atoms with Crippen molar-refractivity contribution in [2.24, 2.45) is 5.84 Å². The van der Waals surface area contributed by atoms with Gasteiger partial charge in [-0.3, -0.25) is 14.9 Å². The van der Waals surface area contributed by atoms with E-state index in [2.05, 4.69) is 4.84 Å². The molecule has 0 heterocycles. The summed E-state index contributed by atoms with van der Waals surface area (Å²) in [5, 5.41) is 10.6. The number of nitrogens with zero attached hydrogens (tertiary/aromatic N) is 1. The van der Waals surface area contributed by atoms with Crippen molar-refractivity contribution in [2.45, 2.75) is 13.3 Å². The minimum atomic E-state index is -0.583. The number of rotatable bonds is 6. The Balaban J connectivity index is 2.58. The zero-order valence-electron chi connectivity index (χ0n) is 9.71. The van der Waals surface area contributed by atoms with Gasteiger partial charge in [0.2, 0.25) is 0 Å². The highest BCUT2D eigenvalue weighted by atomic mass is 16.7. The SMILES string of the molecule is Cc1ccc([N+](=O)[O-])cc1OCCC(=O)ONN. The molecule has 1 aromatic carbocycles. The number of nitro groups is 1. The topological polar surface area (TPSA) is 117 Å². The van der Waals surface area contributed by atoms with Gasteiger partial charge in [-0.15, -0.1) is 0 Å². The molecule has 1 rings (SSSR count). The van der Waals surface area contributed by atoms with E-state index in [4.69, 9.17) is 10.6 Å². The molecular weight excluding hydrogens is 242 g/mol. The Hall–Kier alpha value is -2.19. The lowest BCUT2D eigenvalue weighted by Gasteiger charge is -2.08. The van der Waals surface area contributed by atoms with Crippen LogP contribution in [-0.2, 0) is 9.63 Å². The summed E-state index contributed by atoms with van der Waals surface area (Å²) in [6.07, 6.45) is -0.0215. The van der Waals surface area contributed by atoms with Crippen LogP contribution < -0.4 is 16.2 Å². The van der Waals surface area contributed by atoms with Crippen molar-refractivity contribution in [2.75, 3.05) is 6.61 Å². The number of nitrogens with two attached hydrogens (primary N) is 1.